The molecule has 3 nitrogen and oxygen atoms in total. The molecule has 0 aliphatic carbocycles. The summed E-state index contributed by atoms with van der Waals surface area (Å²) in [6.07, 6.45) is 2.45. The van der Waals surface area contributed by atoms with Crippen molar-refractivity contribution in [1.82, 2.24) is 4.98 Å². The number of aromatic nitrogens is 1. The van der Waals surface area contributed by atoms with Gasteiger partial charge < -0.3 is 9.84 Å². The van der Waals surface area contributed by atoms with Gasteiger partial charge in [0.1, 0.15) is 11.9 Å². The first kappa shape index (κ1) is 13.6. The highest BCUT2D eigenvalue weighted by Crippen LogP contribution is 2.29. The summed E-state index contributed by atoms with van der Waals surface area (Å²) in [6.45, 7) is 0. The van der Waals surface area contributed by atoms with Gasteiger partial charge in [-0.05, 0) is 52.4 Å². The molecule has 1 heterocycles. The van der Waals surface area contributed by atoms with E-state index in [0.717, 1.165) is 9.13 Å². The van der Waals surface area contributed by atoms with Crippen LogP contribution in [0, 0.1) is 3.57 Å². The Hall–Kier alpha value is -0.850. The van der Waals surface area contributed by atoms with E-state index in [2.05, 4.69) is 27.6 Å². The van der Waals surface area contributed by atoms with Gasteiger partial charge in [0.05, 0.1) is 13.3 Å². The molecular formula is C13H11ClINO2. The monoisotopic (exact) mass is 375 g/mol. The number of hydrogen-bond acceptors (Lipinski definition) is 3. The van der Waals surface area contributed by atoms with Crippen LogP contribution >= 0.6 is 34.2 Å². The Kier molecular flexibility index (Phi) is 4.42. The molecule has 0 saturated heterocycles. The van der Waals surface area contributed by atoms with Crippen molar-refractivity contribution < 1.29 is 9.84 Å². The Morgan fingerprint density at radius 1 is 1.33 bits per heavy atom. The van der Waals surface area contributed by atoms with Crippen LogP contribution in [0.25, 0.3) is 0 Å². The lowest BCUT2D eigenvalue weighted by Crippen LogP contribution is -2.03. The summed E-state index contributed by atoms with van der Waals surface area (Å²) < 4.78 is 6.04. The number of methoxy groups -OCH3 is 1. The minimum absolute atomic E-state index is 0.598. The average molecular weight is 376 g/mol. The Bertz CT molecular complexity index is 562. The maximum atomic E-state index is 10.4. The summed E-state index contributed by atoms with van der Waals surface area (Å²) in [4.78, 5) is 4.03. The number of ether oxygens (including phenoxy) is 1. The van der Waals surface area contributed by atoms with Crippen molar-refractivity contribution in [3.63, 3.8) is 0 Å². The second kappa shape index (κ2) is 5.86. The van der Waals surface area contributed by atoms with E-state index in [0.29, 0.717) is 16.3 Å². The number of halogens is 2. The SMILES string of the molecule is COc1cncc(C(O)c2cc(Cl)ccc2I)c1. The number of aliphatic hydroxyl groups is 1. The molecular weight excluding hydrogens is 365 g/mol. The van der Waals surface area contributed by atoms with Gasteiger partial charge in [-0.15, -0.1) is 0 Å². The largest absolute Gasteiger partial charge is 0.495 e. The number of pyridine rings is 1. The second-order valence-corrected chi connectivity index (χ2v) is 5.33. The lowest BCUT2D eigenvalue weighted by molar-refractivity contribution is 0.218. The summed E-state index contributed by atoms with van der Waals surface area (Å²) in [5.41, 5.74) is 1.44. The fourth-order valence-corrected chi connectivity index (χ4v) is 2.41. The van der Waals surface area contributed by atoms with E-state index < -0.39 is 6.10 Å². The van der Waals surface area contributed by atoms with Gasteiger partial charge in [0.2, 0.25) is 0 Å². The van der Waals surface area contributed by atoms with Crippen LogP contribution in [0.4, 0.5) is 0 Å². The van der Waals surface area contributed by atoms with Gasteiger partial charge in [-0.2, -0.15) is 0 Å². The van der Waals surface area contributed by atoms with E-state index in [1.54, 1.807) is 37.7 Å². The van der Waals surface area contributed by atoms with Crippen LogP contribution in [0.2, 0.25) is 5.02 Å². The minimum atomic E-state index is -0.766. The number of nitrogens with zero attached hydrogens (tertiary/aromatic N) is 1. The molecule has 0 saturated carbocycles. The smallest absolute Gasteiger partial charge is 0.137 e. The molecule has 1 N–H and O–H groups in total. The summed E-state index contributed by atoms with van der Waals surface area (Å²) in [5, 5.41) is 11.0. The first-order valence-electron chi connectivity index (χ1n) is 5.24. The lowest BCUT2D eigenvalue weighted by Gasteiger charge is -2.14. The molecule has 0 bridgehead atoms. The van der Waals surface area contributed by atoms with Gasteiger partial charge in [0.25, 0.3) is 0 Å². The summed E-state index contributed by atoms with van der Waals surface area (Å²) in [5.74, 6) is 0.614. The zero-order chi connectivity index (χ0) is 13.1. The highest BCUT2D eigenvalue weighted by atomic mass is 127. The van der Waals surface area contributed by atoms with Gasteiger partial charge in [-0.3, -0.25) is 4.98 Å². The fraction of sp³-hybridized carbons (Fsp3) is 0.154. The normalized spacial score (nSPS) is 12.2. The topological polar surface area (TPSA) is 42.4 Å². The van der Waals surface area contributed by atoms with Crippen LogP contribution in [0.1, 0.15) is 17.2 Å². The second-order valence-electron chi connectivity index (χ2n) is 3.73. The molecule has 2 rings (SSSR count). The maximum absolute atomic E-state index is 10.4. The third kappa shape index (κ3) is 2.93. The van der Waals surface area contributed by atoms with E-state index >= 15 is 0 Å². The van der Waals surface area contributed by atoms with Crippen LogP contribution in [0.3, 0.4) is 0 Å². The van der Waals surface area contributed by atoms with E-state index in [-0.39, 0.29) is 0 Å². The molecule has 18 heavy (non-hydrogen) atoms. The van der Waals surface area contributed by atoms with Crippen molar-refractivity contribution in [2.24, 2.45) is 0 Å². The molecule has 0 aliphatic heterocycles. The first-order valence-corrected chi connectivity index (χ1v) is 6.69. The van der Waals surface area contributed by atoms with Crippen molar-refractivity contribution in [3.05, 3.63) is 56.4 Å². The average Bonchev–Trinajstić information content (AvgIpc) is 2.41. The highest BCUT2D eigenvalue weighted by molar-refractivity contribution is 14.1. The number of benzene rings is 1. The predicted molar refractivity (Wildman–Crippen MR) is 79.0 cm³/mol. The van der Waals surface area contributed by atoms with Crippen molar-refractivity contribution in [3.8, 4) is 5.75 Å². The molecule has 1 aromatic heterocycles. The molecule has 2 aromatic rings. The van der Waals surface area contributed by atoms with E-state index in [1.165, 1.54) is 0 Å². The molecule has 1 unspecified atom stereocenters. The number of aliphatic hydroxyl groups excluding tert-OH is 1. The number of rotatable bonds is 3. The van der Waals surface area contributed by atoms with Crippen LogP contribution in [0.15, 0.2) is 36.7 Å². The van der Waals surface area contributed by atoms with Crippen LogP contribution in [-0.4, -0.2) is 17.2 Å². The summed E-state index contributed by atoms with van der Waals surface area (Å²) in [6, 6.07) is 7.18. The molecule has 0 spiro atoms. The Balaban J connectivity index is 2.40. The molecule has 0 amide bonds. The fourth-order valence-electron chi connectivity index (χ4n) is 1.60. The zero-order valence-corrected chi connectivity index (χ0v) is 12.5. The first-order chi connectivity index (χ1) is 8.61. The number of hydrogen-bond donors (Lipinski definition) is 1. The third-order valence-electron chi connectivity index (χ3n) is 2.54. The zero-order valence-electron chi connectivity index (χ0n) is 9.60. The van der Waals surface area contributed by atoms with Crippen LogP contribution < -0.4 is 4.74 Å². The van der Waals surface area contributed by atoms with Gasteiger partial charge >= 0.3 is 0 Å². The van der Waals surface area contributed by atoms with Crippen LogP contribution in [-0.2, 0) is 0 Å². The Morgan fingerprint density at radius 3 is 2.83 bits per heavy atom. The maximum Gasteiger partial charge on any atom is 0.137 e. The van der Waals surface area contributed by atoms with Crippen molar-refractivity contribution in [1.29, 1.82) is 0 Å². The molecule has 1 aromatic carbocycles. The van der Waals surface area contributed by atoms with Crippen molar-refractivity contribution >= 4 is 34.2 Å². The summed E-state index contributed by atoms with van der Waals surface area (Å²) in [7, 11) is 1.57. The van der Waals surface area contributed by atoms with E-state index in [4.69, 9.17) is 16.3 Å². The van der Waals surface area contributed by atoms with E-state index in [9.17, 15) is 5.11 Å². The standard InChI is InChI=1S/C13H11ClINO2/c1-18-10-4-8(6-16-7-10)13(17)11-5-9(14)2-3-12(11)15/h2-7,13,17H,1H3. The predicted octanol–water partition coefficient (Wildman–Crippen LogP) is 3.43. The highest BCUT2D eigenvalue weighted by Gasteiger charge is 2.15. The van der Waals surface area contributed by atoms with Gasteiger partial charge in [0, 0.05) is 20.4 Å². The summed E-state index contributed by atoms with van der Waals surface area (Å²) >= 11 is 8.12. The quantitative estimate of drug-likeness (QED) is 0.836. The Labute approximate surface area is 124 Å². The van der Waals surface area contributed by atoms with Crippen LogP contribution in [0.5, 0.6) is 5.75 Å². The molecule has 0 fully saturated rings. The third-order valence-corrected chi connectivity index (χ3v) is 3.76. The van der Waals surface area contributed by atoms with Gasteiger partial charge in [-0.25, -0.2) is 0 Å². The van der Waals surface area contributed by atoms with Gasteiger partial charge in [0.15, 0.2) is 0 Å². The molecule has 5 heteroatoms. The molecule has 94 valence electrons. The minimum Gasteiger partial charge on any atom is -0.495 e. The van der Waals surface area contributed by atoms with E-state index in [1.807, 2.05) is 6.07 Å². The van der Waals surface area contributed by atoms with Crippen molar-refractivity contribution in [2.45, 2.75) is 6.10 Å². The lowest BCUT2D eigenvalue weighted by atomic mass is 10.0. The Morgan fingerprint density at radius 2 is 2.11 bits per heavy atom. The molecule has 0 aliphatic rings. The molecule has 0 radical (unpaired) electrons. The van der Waals surface area contributed by atoms with Crippen molar-refractivity contribution in [2.75, 3.05) is 7.11 Å². The van der Waals surface area contributed by atoms with Gasteiger partial charge in [-0.1, -0.05) is 11.6 Å². The molecule has 1 atom stereocenters.